The molecule has 108 valence electrons. The Morgan fingerprint density at radius 3 is 2.75 bits per heavy atom. The number of carboxylic acids is 1. The Bertz CT molecular complexity index is 458. The van der Waals surface area contributed by atoms with E-state index in [9.17, 15) is 9.59 Å². The quantitative estimate of drug-likeness (QED) is 0.780. The molecule has 0 spiro atoms. The van der Waals surface area contributed by atoms with Gasteiger partial charge < -0.3 is 15.3 Å². The predicted molar refractivity (Wildman–Crippen MR) is 70.7 cm³/mol. The van der Waals surface area contributed by atoms with Crippen molar-refractivity contribution in [2.24, 2.45) is 5.92 Å². The third kappa shape index (κ3) is 3.99. The Morgan fingerprint density at radius 2 is 2.15 bits per heavy atom. The van der Waals surface area contributed by atoms with Crippen molar-refractivity contribution in [3.8, 4) is 0 Å². The highest BCUT2D eigenvalue weighted by molar-refractivity contribution is 5.78. The second-order valence-corrected chi connectivity index (χ2v) is 4.81. The number of aliphatic carboxylic acids is 1. The molecule has 0 radical (unpaired) electrons. The van der Waals surface area contributed by atoms with Crippen molar-refractivity contribution in [3.05, 3.63) is 24.0 Å². The molecule has 1 aliphatic heterocycles. The van der Waals surface area contributed by atoms with E-state index in [1.54, 1.807) is 17.2 Å². The maximum atomic E-state index is 11.9. The number of hydrogen-bond donors (Lipinski definition) is 2. The van der Waals surface area contributed by atoms with Gasteiger partial charge in [-0.2, -0.15) is 10.2 Å². The van der Waals surface area contributed by atoms with Gasteiger partial charge in [0.05, 0.1) is 18.2 Å². The molecule has 7 heteroatoms. The first kappa shape index (κ1) is 14.4. The van der Waals surface area contributed by atoms with E-state index < -0.39 is 5.97 Å². The summed E-state index contributed by atoms with van der Waals surface area (Å²) in [5.74, 6) is -1.08. The minimum atomic E-state index is -0.766. The van der Waals surface area contributed by atoms with Crippen LogP contribution in [0, 0.1) is 5.92 Å². The van der Waals surface area contributed by atoms with Crippen LogP contribution in [0.2, 0.25) is 0 Å². The molecule has 1 aromatic rings. The van der Waals surface area contributed by atoms with Gasteiger partial charge in [-0.15, -0.1) is 0 Å². The molecule has 0 aromatic carbocycles. The van der Waals surface area contributed by atoms with Crippen LogP contribution in [0.3, 0.4) is 0 Å². The van der Waals surface area contributed by atoms with Gasteiger partial charge in [-0.05, 0) is 25.0 Å². The highest BCUT2D eigenvalue weighted by atomic mass is 16.4. The minimum Gasteiger partial charge on any atom is -0.481 e. The van der Waals surface area contributed by atoms with Crippen LogP contribution in [-0.2, 0) is 16.1 Å². The molecule has 0 aliphatic carbocycles. The third-order valence-electron chi connectivity index (χ3n) is 3.41. The molecule has 1 aromatic heterocycles. The zero-order chi connectivity index (χ0) is 14.4. The van der Waals surface area contributed by atoms with Crippen LogP contribution in [0.4, 0.5) is 0 Å². The molecule has 0 atom stereocenters. The van der Waals surface area contributed by atoms with E-state index in [0.717, 1.165) is 5.69 Å². The number of likely N-dealkylation sites (tertiary alicyclic amines) is 1. The molecule has 2 rings (SSSR count). The summed E-state index contributed by atoms with van der Waals surface area (Å²) in [4.78, 5) is 24.5. The molecule has 2 N–H and O–H groups in total. The van der Waals surface area contributed by atoms with E-state index in [1.807, 2.05) is 6.07 Å². The molecule has 1 aliphatic rings. The Kier molecular flexibility index (Phi) is 5.00. The summed E-state index contributed by atoms with van der Waals surface area (Å²) < 4.78 is 0. The van der Waals surface area contributed by atoms with E-state index in [1.165, 1.54) is 0 Å². The Morgan fingerprint density at radius 1 is 1.40 bits per heavy atom. The number of nitrogens with zero attached hydrogens (tertiary/aromatic N) is 3. The van der Waals surface area contributed by atoms with Crippen LogP contribution in [0.5, 0.6) is 0 Å². The van der Waals surface area contributed by atoms with Gasteiger partial charge in [-0.1, -0.05) is 0 Å². The van der Waals surface area contributed by atoms with Gasteiger partial charge in [0.1, 0.15) is 0 Å². The van der Waals surface area contributed by atoms with Crippen molar-refractivity contribution in [1.82, 2.24) is 20.4 Å². The molecule has 1 saturated heterocycles. The molecule has 0 bridgehead atoms. The largest absolute Gasteiger partial charge is 0.481 e. The smallest absolute Gasteiger partial charge is 0.306 e. The lowest BCUT2D eigenvalue weighted by Gasteiger charge is -2.30. The van der Waals surface area contributed by atoms with Gasteiger partial charge in [0, 0.05) is 25.8 Å². The van der Waals surface area contributed by atoms with Crippen molar-refractivity contribution >= 4 is 11.9 Å². The predicted octanol–water partition coefficient (Wildman–Crippen LogP) is -0.111. The van der Waals surface area contributed by atoms with Gasteiger partial charge in [0.15, 0.2) is 0 Å². The van der Waals surface area contributed by atoms with Gasteiger partial charge in [0.2, 0.25) is 5.91 Å². The number of amides is 1. The fourth-order valence-corrected chi connectivity index (χ4v) is 2.21. The van der Waals surface area contributed by atoms with Crippen molar-refractivity contribution in [2.45, 2.75) is 19.4 Å². The number of rotatable bonds is 5. The van der Waals surface area contributed by atoms with Crippen LogP contribution in [-0.4, -0.2) is 51.7 Å². The van der Waals surface area contributed by atoms with E-state index >= 15 is 0 Å². The number of carbonyl (C=O) groups is 2. The van der Waals surface area contributed by atoms with E-state index in [2.05, 4.69) is 15.5 Å². The second-order valence-electron chi connectivity index (χ2n) is 4.81. The van der Waals surface area contributed by atoms with Gasteiger partial charge in [0.25, 0.3) is 0 Å². The molecule has 1 fully saturated rings. The number of nitrogens with one attached hydrogen (secondary N) is 1. The van der Waals surface area contributed by atoms with Crippen LogP contribution < -0.4 is 5.32 Å². The highest BCUT2D eigenvalue weighted by Gasteiger charge is 2.26. The van der Waals surface area contributed by atoms with Crippen LogP contribution in [0.15, 0.2) is 18.3 Å². The molecular weight excluding hydrogens is 260 g/mol. The maximum Gasteiger partial charge on any atom is 0.306 e. The Balaban J connectivity index is 1.69. The van der Waals surface area contributed by atoms with Crippen molar-refractivity contribution < 1.29 is 14.7 Å². The molecular formula is C13H18N4O3. The lowest BCUT2D eigenvalue weighted by molar-refractivity contribution is -0.145. The SMILES string of the molecule is O=C(O)C1CCN(C(=O)CNCc2cccnn2)CC1. The first-order valence-corrected chi connectivity index (χ1v) is 6.64. The summed E-state index contributed by atoms with van der Waals surface area (Å²) in [6.45, 7) is 1.75. The molecule has 0 unspecified atom stereocenters. The standard InChI is InChI=1S/C13H18N4O3/c18-12(9-14-8-11-2-1-5-15-16-11)17-6-3-10(4-7-17)13(19)20/h1-2,5,10,14H,3-4,6-9H2,(H,19,20). The molecule has 0 saturated carbocycles. The fourth-order valence-electron chi connectivity index (χ4n) is 2.21. The van der Waals surface area contributed by atoms with E-state index in [4.69, 9.17) is 5.11 Å². The topological polar surface area (TPSA) is 95.4 Å². The molecule has 1 amide bonds. The summed E-state index contributed by atoms with van der Waals surface area (Å²) in [5, 5.41) is 19.6. The second kappa shape index (κ2) is 6.95. The van der Waals surface area contributed by atoms with Crippen LogP contribution in [0.1, 0.15) is 18.5 Å². The number of carboxylic acid groups (broad SMARTS) is 1. The molecule has 2 heterocycles. The van der Waals surface area contributed by atoms with Gasteiger partial charge >= 0.3 is 5.97 Å². The molecule has 7 nitrogen and oxygen atoms in total. The highest BCUT2D eigenvalue weighted by Crippen LogP contribution is 2.17. The fraction of sp³-hybridized carbons (Fsp3) is 0.538. The first-order chi connectivity index (χ1) is 9.66. The Hall–Kier alpha value is -2.02. The Labute approximate surface area is 117 Å². The van der Waals surface area contributed by atoms with Crippen molar-refractivity contribution in [3.63, 3.8) is 0 Å². The van der Waals surface area contributed by atoms with Crippen LogP contribution in [0.25, 0.3) is 0 Å². The normalized spacial score (nSPS) is 16.1. The third-order valence-corrected chi connectivity index (χ3v) is 3.41. The number of hydrogen-bond acceptors (Lipinski definition) is 5. The average molecular weight is 278 g/mol. The first-order valence-electron chi connectivity index (χ1n) is 6.64. The zero-order valence-corrected chi connectivity index (χ0v) is 11.2. The summed E-state index contributed by atoms with van der Waals surface area (Å²) in [7, 11) is 0. The monoisotopic (exact) mass is 278 g/mol. The minimum absolute atomic E-state index is 0.00210. The number of piperidine rings is 1. The number of carbonyl (C=O) groups excluding carboxylic acids is 1. The van der Waals surface area contributed by atoms with E-state index in [0.29, 0.717) is 32.5 Å². The maximum absolute atomic E-state index is 11.9. The van der Waals surface area contributed by atoms with E-state index in [-0.39, 0.29) is 18.4 Å². The van der Waals surface area contributed by atoms with Gasteiger partial charge in [-0.3, -0.25) is 9.59 Å². The number of aromatic nitrogens is 2. The summed E-state index contributed by atoms with van der Waals surface area (Å²) in [6.07, 6.45) is 2.66. The summed E-state index contributed by atoms with van der Waals surface area (Å²) in [6, 6.07) is 3.63. The zero-order valence-electron chi connectivity index (χ0n) is 11.2. The lowest BCUT2D eigenvalue weighted by Crippen LogP contribution is -2.44. The van der Waals surface area contributed by atoms with Crippen molar-refractivity contribution in [1.29, 1.82) is 0 Å². The van der Waals surface area contributed by atoms with Crippen molar-refractivity contribution in [2.75, 3.05) is 19.6 Å². The molecule has 20 heavy (non-hydrogen) atoms. The van der Waals surface area contributed by atoms with Gasteiger partial charge in [-0.25, -0.2) is 0 Å². The average Bonchev–Trinajstić information content (AvgIpc) is 2.48. The summed E-state index contributed by atoms with van der Waals surface area (Å²) >= 11 is 0. The summed E-state index contributed by atoms with van der Waals surface area (Å²) in [5.41, 5.74) is 0.782. The lowest BCUT2D eigenvalue weighted by atomic mass is 9.97. The van der Waals surface area contributed by atoms with Crippen LogP contribution >= 0.6 is 0 Å².